The quantitative estimate of drug-likeness (QED) is 0.859. The van der Waals surface area contributed by atoms with E-state index in [1.54, 1.807) is 17.0 Å². The van der Waals surface area contributed by atoms with Crippen molar-refractivity contribution in [3.63, 3.8) is 0 Å². The highest BCUT2D eigenvalue weighted by Crippen LogP contribution is 2.20. The van der Waals surface area contributed by atoms with Gasteiger partial charge in [0.05, 0.1) is 0 Å². The lowest BCUT2D eigenvalue weighted by atomic mass is 10.1. The minimum Gasteiger partial charge on any atom is -0.380 e. The van der Waals surface area contributed by atoms with Gasteiger partial charge in [0.15, 0.2) is 0 Å². The molecule has 0 bridgehead atoms. The van der Waals surface area contributed by atoms with Gasteiger partial charge in [0.1, 0.15) is 18.5 Å². The van der Waals surface area contributed by atoms with E-state index in [2.05, 4.69) is 24.1 Å². The number of benzene rings is 1. The number of aromatic nitrogens is 2. The number of rotatable bonds is 6. The second-order valence-corrected chi connectivity index (χ2v) is 5.83. The van der Waals surface area contributed by atoms with Crippen molar-refractivity contribution in [1.29, 1.82) is 0 Å². The van der Waals surface area contributed by atoms with Crippen LogP contribution in [0.2, 0.25) is 0 Å². The van der Waals surface area contributed by atoms with Crippen molar-refractivity contribution in [2.24, 2.45) is 5.92 Å². The Kier molecular flexibility index (Phi) is 5.33. The molecule has 1 amide bonds. The Labute approximate surface area is 131 Å². The van der Waals surface area contributed by atoms with E-state index in [1.807, 2.05) is 37.3 Å². The third-order valence-corrected chi connectivity index (χ3v) is 3.81. The minimum absolute atomic E-state index is 0.0827. The first-order valence-electron chi connectivity index (χ1n) is 7.52. The Balaban J connectivity index is 2.08. The van der Waals surface area contributed by atoms with Crippen LogP contribution in [0.3, 0.4) is 0 Å². The van der Waals surface area contributed by atoms with Crippen molar-refractivity contribution in [3.8, 4) is 0 Å². The van der Waals surface area contributed by atoms with Gasteiger partial charge in [-0.3, -0.25) is 4.79 Å². The summed E-state index contributed by atoms with van der Waals surface area (Å²) in [4.78, 5) is 16.3. The Morgan fingerprint density at radius 3 is 2.59 bits per heavy atom. The molecule has 0 unspecified atom stereocenters. The molecule has 0 saturated heterocycles. The third-order valence-electron chi connectivity index (χ3n) is 3.81. The summed E-state index contributed by atoms with van der Waals surface area (Å²) in [6, 6.07) is 9.41. The average Bonchev–Trinajstić information content (AvgIpc) is 2.95. The molecule has 22 heavy (non-hydrogen) atoms. The van der Waals surface area contributed by atoms with Crippen LogP contribution in [-0.4, -0.2) is 26.6 Å². The third kappa shape index (κ3) is 3.95. The normalized spacial score (nSPS) is 13.9. The first-order chi connectivity index (χ1) is 10.5. The minimum atomic E-state index is -0.841. The van der Waals surface area contributed by atoms with Gasteiger partial charge in [-0.15, -0.1) is 0 Å². The molecule has 2 rings (SSSR count). The lowest BCUT2D eigenvalue weighted by molar-refractivity contribution is -0.122. The molecular weight excluding hydrogens is 278 g/mol. The van der Waals surface area contributed by atoms with E-state index in [0.717, 1.165) is 5.56 Å². The van der Waals surface area contributed by atoms with Crippen molar-refractivity contribution in [2.75, 3.05) is 0 Å². The van der Waals surface area contributed by atoms with Crippen LogP contribution in [0.25, 0.3) is 0 Å². The van der Waals surface area contributed by atoms with Gasteiger partial charge < -0.3 is 15.0 Å². The number of amides is 1. The number of nitrogens with zero attached hydrogens (tertiary/aromatic N) is 2. The van der Waals surface area contributed by atoms with Gasteiger partial charge in [-0.2, -0.15) is 0 Å². The van der Waals surface area contributed by atoms with Crippen molar-refractivity contribution >= 4 is 5.91 Å². The first-order valence-corrected chi connectivity index (χ1v) is 7.52. The molecule has 0 aliphatic heterocycles. The van der Waals surface area contributed by atoms with Gasteiger partial charge in [0.2, 0.25) is 5.91 Å². The van der Waals surface area contributed by atoms with E-state index in [-0.39, 0.29) is 18.5 Å². The Bertz CT molecular complexity index is 607. The molecule has 0 aliphatic rings. The van der Waals surface area contributed by atoms with Crippen LogP contribution in [0.4, 0.5) is 0 Å². The first kappa shape index (κ1) is 16.2. The summed E-state index contributed by atoms with van der Waals surface area (Å²) in [5.74, 6) is 0.764. The molecule has 2 N–H and O–H groups in total. The van der Waals surface area contributed by atoms with Gasteiger partial charge in [-0.05, 0) is 18.4 Å². The molecule has 0 fully saturated rings. The molecule has 2 aromatic rings. The standard InChI is InChI=1S/C17H23N3O2/c1-12(2)13(3)19-15(21)11-20-10-9-18-17(20)16(22)14-7-5-4-6-8-14/h4-10,12-13,16,22H,11H2,1-3H3,(H,19,21)/t13-,16-/m0/s1. The highest BCUT2D eigenvalue weighted by Gasteiger charge is 2.18. The van der Waals surface area contributed by atoms with Crippen LogP contribution < -0.4 is 5.32 Å². The van der Waals surface area contributed by atoms with Crippen molar-refractivity contribution in [3.05, 3.63) is 54.1 Å². The lowest BCUT2D eigenvalue weighted by Crippen LogP contribution is -2.38. The van der Waals surface area contributed by atoms with Gasteiger partial charge in [-0.25, -0.2) is 4.98 Å². The number of imidazole rings is 1. The lowest BCUT2D eigenvalue weighted by Gasteiger charge is -2.18. The van der Waals surface area contributed by atoms with Crippen molar-refractivity contribution in [2.45, 2.75) is 39.5 Å². The van der Waals surface area contributed by atoms with Crippen molar-refractivity contribution in [1.82, 2.24) is 14.9 Å². The maximum absolute atomic E-state index is 12.1. The van der Waals surface area contributed by atoms with E-state index >= 15 is 0 Å². The Morgan fingerprint density at radius 1 is 1.27 bits per heavy atom. The molecule has 0 saturated carbocycles. The number of hydrogen-bond acceptors (Lipinski definition) is 3. The summed E-state index contributed by atoms with van der Waals surface area (Å²) in [6.45, 7) is 6.26. The van der Waals surface area contributed by atoms with Crippen LogP contribution >= 0.6 is 0 Å². The monoisotopic (exact) mass is 301 g/mol. The molecule has 0 radical (unpaired) electrons. The Morgan fingerprint density at radius 2 is 1.95 bits per heavy atom. The molecule has 0 aliphatic carbocycles. The molecule has 1 aromatic heterocycles. The maximum Gasteiger partial charge on any atom is 0.240 e. The zero-order chi connectivity index (χ0) is 16.1. The summed E-state index contributed by atoms with van der Waals surface area (Å²) in [6.07, 6.45) is 2.47. The van der Waals surface area contributed by atoms with Crippen LogP contribution in [0.15, 0.2) is 42.7 Å². The fourth-order valence-electron chi connectivity index (χ4n) is 2.11. The average molecular weight is 301 g/mol. The molecule has 2 atom stereocenters. The van der Waals surface area contributed by atoms with Crippen LogP contribution in [0, 0.1) is 5.92 Å². The molecule has 1 heterocycles. The predicted octanol–water partition coefficient (Wildman–Crippen LogP) is 2.13. The molecule has 1 aromatic carbocycles. The van der Waals surface area contributed by atoms with Gasteiger partial charge in [0, 0.05) is 18.4 Å². The van der Waals surface area contributed by atoms with E-state index in [9.17, 15) is 9.90 Å². The van der Waals surface area contributed by atoms with E-state index < -0.39 is 6.10 Å². The van der Waals surface area contributed by atoms with Crippen LogP contribution in [-0.2, 0) is 11.3 Å². The van der Waals surface area contributed by atoms with Crippen LogP contribution in [0.1, 0.15) is 38.3 Å². The summed E-state index contributed by atoms with van der Waals surface area (Å²) in [5.41, 5.74) is 0.755. The number of aliphatic hydroxyl groups is 1. The van der Waals surface area contributed by atoms with E-state index in [1.165, 1.54) is 0 Å². The SMILES string of the molecule is CC(C)[C@H](C)NC(=O)Cn1ccnc1[C@@H](O)c1ccccc1. The molecule has 118 valence electrons. The van der Waals surface area contributed by atoms with Gasteiger partial charge in [0.25, 0.3) is 0 Å². The number of nitrogens with one attached hydrogen (secondary N) is 1. The summed E-state index contributed by atoms with van der Waals surface area (Å²) < 4.78 is 1.68. The van der Waals surface area contributed by atoms with Gasteiger partial charge in [-0.1, -0.05) is 44.2 Å². The second-order valence-electron chi connectivity index (χ2n) is 5.83. The smallest absolute Gasteiger partial charge is 0.240 e. The van der Waals surface area contributed by atoms with Crippen LogP contribution in [0.5, 0.6) is 0 Å². The number of hydrogen-bond donors (Lipinski definition) is 2. The van der Waals surface area contributed by atoms with E-state index in [4.69, 9.17) is 0 Å². The van der Waals surface area contributed by atoms with Gasteiger partial charge >= 0.3 is 0 Å². The zero-order valence-corrected chi connectivity index (χ0v) is 13.2. The number of aliphatic hydroxyl groups excluding tert-OH is 1. The van der Waals surface area contributed by atoms with Crippen molar-refractivity contribution < 1.29 is 9.90 Å². The number of carbonyl (C=O) groups excluding carboxylic acids is 1. The topological polar surface area (TPSA) is 67.2 Å². The fourth-order valence-corrected chi connectivity index (χ4v) is 2.11. The molecular formula is C17H23N3O2. The highest BCUT2D eigenvalue weighted by atomic mass is 16.3. The summed E-state index contributed by atoms with van der Waals surface area (Å²) >= 11 is 0. The fraction of sp³-hybridized carbons (Fsp3) is 0.412. The largest absolute Gasteiger partial charge is 0.380 e. The summed E-state index contributed by atoms with van der Waals surface area (Å²) in [7, 11) is 0. The second kappa shape index (κ2) is 7.22. The van der Waals surface area contributed by atoms with E-state index in [0.29, 0.717) is 11.7 Å². The maximum atomic E-state index is 12.1. The number of carbonyl (C=O) groups is 1. The Hall–Kier alpha value is -2.14. The molecule has 5 heteroatoms. The molecule has 5 nitrogen and oxygen atoms in total. The predicted molar refractivity (Wildman–Crippen MR) is 85.2 cm³/mol. The summed E-state index contributed by atoms with van der Waals surface area (Å²) in [5, 5.41) is 13.4. The highest BCUT2D eigenvalue weighted by molar-refractivity contribution is 5.76. The zero-order valence-electron chi connectivity index (χ0n) is 13.2. The molecule has 0 spiro atoms.